The first-order valence-corrected chi connectivity index (χ1v) is 15.4. The van der Waals surface area contributed by atoms with E-state index in [9.17, 15) is 31.4 Å². The molecule has 5 nitrogen and oxygen atoms in total. The molecule has 3 aromatic rings. The fourth-order valence-corrected chi connectivity index (χ4v) is 6.13. The van der Waals surface area contributed by atoms with Gasteiger partial charge in [-0.15, -0.1) is 0 Å². The number of halogens is 8. The van der Waals surface area contributed by atoms with E-state index in [2.05, 4.69) is 10.1 Å². The molecule has 1 atom stereocenters. The van der Waals surface area contributed by atoms with E-state index in [0.717, 1.165) is 23.3 Å². The Bertz CT molecular complexity index is 1460. The molecule has 0 saturated carbocycles. The molecule has 1 fully saturated rings. The van der Waals surface area contributed by atoms with Gasteiger partial charge < -0.3 is 14.8 Å². The third-order valence-corrected chi connectivity index (χ3v) is 8.96. The van der Waals surface area contributed by atoms with Gasteiger partial charge >= 0.3 is 12.4 Å². The summed E-state index contributed by atoms with van der Waals surface area (Å²) >= 11 is 12.5. The highest BCUT2D eigenvalue weighted by atomic mass is 35.5. The first kappa shape index (κ1) is 36.0. The number of hydrogen-bond donors (Lipinski definition) is 1. The molecule has 1 aliphatic rings. The van der Waals surface area contributed by atoms with Crippen molar-refractivity contribution in [3.63, 3.8) is 0 Å². The lowest BCUT2D eigenvalue weighted by atomic mass is 9.84. The molecule has 250 valence electrons. The van der Waals surface area contributed by atoms with Crippen LogP contribution in [0.15, 0.2) is 71.9 Å². The van der Waals surface area contributed by atoms with Crippen molar-refractivity contribution in [1.29, 1.82) is 0 Å². The van der Waals surface area contributed by atoms with E-state index in [1.54, 1.807) is 30.1 Å². The average molecular weight is 691 g/mol. The Kier molecular flexibility index (Phi) is 11.7. The minimum Gasteiger partial charge on any atom is -0.399 e. The molecule has 1 heterocycles. The largest absolute Gasteiger partial charge is 0.416 e. The molecule has 0 amide bonds. The lowest BCUT2D eigenvalue weighted by Crippen LogP contribution is -2.43. The zero-order valence-electron chi connectivity index (χ0n) is 25.3. The second kappa shape index (κ2) is 14.9. The summed E-state index contributed by atoms with van der Waals surface area (Å²) in [5.74, 6) is -0.376. The highest BCUT2D eigenvalue weighted by molar-refractivity contribution is 6.42. The quantitative estimate of drug-likeness (QED) is 0.124. The molecule has 46 heavy (non-hydrogen) atoms. The van der Waals surface area contributed by atoms with Crippen molar-refractivity contribution in [2.75, 3.05) is 40.3 Å². The molecule has 1 saturated heterocycles. The van der Waals surface area contributed by atoms with Crippen LogP contribution >= 0.6 is 23.2 Å². The standard InChI is InChI=1S/C33H35Cl2F6N3O2/c1-43(20-22-16-25(32(36,37)38)19-26(17-22)33(39,40)41)21-30(42-46-2)27(23-8-9-28(34)29(35)18-23)10-13-44-14-11-31(45,12-15-44)24-6-4-3-5-7-24/h3-9,16-19,27,45H,10-15,20-21H2,1-2H3/b42-30-. The van der Waals surface area contributed by atoms with E-state index in [-0.39, 0.29) is 30.6 Å². The summed E-state index contributed by atoms with van der Waals surface area (Å²) in [7, 11) is 2.95. The molecule has 1 unspecified atom stereocenters. The van der Waals surface area contributed by atoms with Crippen molar-refractivity contribution in [3.8, 4) is 0 Å². The van der Waals surface area contributed by atoms with Gasteiger partial charge in [0.15, 0.2) is 0 Å². The first-order valence-electron chi connectivity index (χ1n) is 14.6. The van der Waals surface area contributed by atoms with Gasteiger partial charge in [-0.2, -0.15) is 26.3 Å². The number of rotatable bonds is 11. The summed E-state index contributed by atoms with van der Waals surface area (Å²) in [5, 5.41) is 16.2. The van der Waals surface area contributed by atoms with Crippen LogP contribution in [0.5, 0.6) is 0 Å². The van der Waals surface area contributed by atoms with Gasteiger partial charge in [-0.25, -0.2) is 0 Å². The molecule has 0 aromatic heterocycles. The smallest absolute Gasteiger partial charge is 0.399 e. The van der Waals surface area contributed by atoms with E-state index in [0.29, 0.717) is 54.7 Å². The van der Waals surface area contributed by atoms with Crippen LogP contribution in [0, 0.1) is 0 Å². The zero-order valence-corrected chi connectivity index (χ0v) is 26.8. The van der Waals surface area contributed by atoms with Crippen molar-refractivity contribution < 1.29 is 36.3 Å². The number of benzene rings is 3. The van der Waals surface area contributed by atoms with Crippen molar-refractivity contribution in [2.45, 2.75) is 49.7 Å². The fraction of sp³-hybridized carbons (Fsp3) is 0.424. The molecule has 0 bridgehead atoms. The Balaban J connectivity index is 1.53. The van der Waals surface area contributed by atoms with Gasteiger partial charge in [-0.3, -0.25) is 4.90 Å². The third kappa shape index (κ3) is 9.38. The Morgan fingerprint density at radius 1 is 0.935 bits per heavy atom. The van der Waals surface area contributed by atoms with Gasteiger partial charge in [0.1, 0.15) is 7.11 Å². The van der Waals surface area contributed by atoms with Crippen LogP contribution in [0.25, 0.3) is 0 Å². The summed E-state index contributed by atoms with van der Waals surface area (Å²) in [5.41, 5.74) is -1.65. The molecular weight excluding hydrogens is 655 g/mol. The van der Waals surface area contributed by atoms with Crippen LogP contribution < -0.4 is 0 Å². The Morgan fingerprint density at radius 2 is 1.54 bits per heavy atom. The van der Waals surface area contributed by atoms with Gasteiger partial charge in [-0.05, 0) is 79.9 Å². The second-order valence-corrected chi connectivity index (χ2v) is 12.4. The van der Waals surface area contributed by atoms with E-state index in [4.69, 9.17) is 28.0 Å². The summed E-state index contributed by atoms with van der Waals surface area (Å²) in [4.78, 5) is 8.98. The van der Waals surface area contributed by atoms with Crippen LogP contribution in [0.4, 0.5) is 26.3 Å². The number of oxime groups is 1. The monoisotopic (exact) mass is 689 g/mol. The SMILES string of the molecule is CO/N=C(/CN(C)Cc1cc(C(F)(F)F)cc(C(F)(F)F)c1)C(CCN1CCC(O)(c2ccccc2)CC1)c1ccc(Cl)c(Cl)c1. The third-order valence-electron chi connectivity index (χ3n) is 8.22. The van der Waals surface area contributed by atoms with E-state index >= 15 is 0 Å². The minimum atomic E-state index is -4.94. The van der Waals surface area contributed by atoms with E-state index in [1.807, 2.05) is 30.3 Å². The molecule has 13 heteroatoms. The van der Waals surface area contributed by atoms with Gasteiger partial charge in [0.05, 0.1) is 32.5 Å². The van der Waals surface area contributed by atoms with Crippen LogP contribution in [0.1, 0.15) is 53.0 Å². The molecule has 0 radical (unpaired) electrons. The maximum atomic E-state index is 13.5. The van der Waals surface area contributed by atoms with Crippen molar-refractivity contribution in [3.05, 3.63) is 105 Å². The summed E-state index contributed by atoms with van der Waals surface area (Å²) in [6.45, 7) is 1.77. The van der Waals surface area contributed by atoms with Gasteiger partial charge in [-0.1, -0.05) is 64.8 Å². The fourth-order valence-electron chi connectivity index (χ4n) is 5.82. The number of likely N-dealkylation sites (tertiary alicyclic amines) is 1. The molecule has 1 N–H and O–H groups in total. The number of aliphatic hydroxyl groups is 1. The Morgan fingerprint density at radius 3 is 2.09 bits per heavy atom. The summed E-state index contributed by atoms with van der Waals surface area (Å²) < 4.78 is 80.7. The second-order valence-electron chi connectivity index (χ2n) is 11.6. The lowest BCUT2D eigenvalue weighted by Gasteiger charge is -2.39. The number of nitrogens with zero attached hydrogens (tertiary/aromatic N) is 3. The molecule has 0 spiro atoms. The predicted molar refractivity (Wildman–Crippen MR) is 167 cm³/mol. The maximum Gasteiger partial charge on any atom is 0.416 e. The Hall–Kier alpha value is -2.83. The highest BCUT2D eigenvalue weighted by Crippen LogP contribution is 2.37. The zero-order chi connectivity index (χ0) is 33.7. The average Bonchev–Trinajstić information content (AvgIpc) is 2.99. The number of alkyl halides is 6. The predicted octanol–water partition coefficient (Wildman–Crippen LogP) is 8.62. The molecule has 1 aliphatic heterocycles. The molecule has 0 aliphatic carbocycles. The van der Waals surface area contributed by atoms with Crippen molar-refractivity contribution >= 4 is 28.9 Å². The molecular formula is C33H35Cl2F6N3O2. The van der Waals surface area contributed by atoms with Gasteiger partial charge in [0.25, 0.3) is 0 Å². The van der Waals surface area contributed by atoms with Gasteiger partial charge in [0, 0.05) is 32.1 Å². The van der Waals surface area contributed by atoms with Crippen molar-refractivity contribution in [1.82, 2.24) is 9.80 Å². The van der Waals surface area contributed by atoms with Crippen LogP contribution in [0.2, 0.25) is 10.0 Å². The number of hydrogen-bond acceptors (Lipinski definition) is 5. The van der Waals surface area contributed by atoms with E-state index < -0.39 is 29.1 Å². The summed E-state index contributed by atoms with van der Waals surface area (Å²) in [6, 6.07) is 16.3. The highest BCUT2D eigenvalue weighted by Gasteiger charge is 2.37. The summed E-state index contributed by atoms with van der Waals surface area (Å²) in [6.07, 6.45) is -8.25. The van der Waals surface area contributed by atoms with Crippen LogP contribution in [0.3, 0.4) is 0 Å². The maximum absolute atomic E-state index is 13.5. The van der Waals surface area contributed by atoms with Crippen molar-refractivity contribution in [2.24, 2.45) is 5.16 Å². The normalized spacial score (nSPS) is 16.9. The first-order chi connectivity index (χ1) is 21.6. The van der Waals surface area contributed by atoms with Gasteiger partial charge in [0.2, 0.25) is 0 Å². The number of piperidine rings is 1. The topological polar surface area (TPSA) is 48.3 Å². The molecule has 4 rings (SSSR count). The van der Waals surface area contributed by atoms with E-state index in [1.165, 1.54) is 7.11 Å². The minimum absolute atomic E-state index is 0.0735. The molecule has 3 aromatic carbocycles. The van der Waals surface area contributed by atoms with Crippen LogP contribution in [-0.4, -0.2) is 61.0 Å². The lowest BCUT2D eigenvalue weighted by molar-refractivity contribution is -0.143. The Labute approximate surface area is 274 Å². The van der Waals surface area contributed by atoms with Crippen LogP contribution in [-0.2, 0) is 29.3 Å².